The molecule has 0 aliphatic rings. The highest BCUT2D eigenvalue weighted by molar-refractivity contribution is 6.42. The summed E-state index contributed by atoms with van der Waals surface area (Å²) in [5.74, 6) is -4.44. The molecule has 0 bridgehead atoms. The fourth-order valence-electron chi connectivity index (χ4n) is 4.21. The molecule has 0 radical (unpaired) electrons. The zero-order valence-corrected chi connectivity index (χ0v) is 22.1. The summed E-state index contributed by atoms with van der Waals surface area (Å²) in [6, 6.07) is 19.3. The Kier molecular flexibility index (Phi) is 9.73. The molecule has 1 amide bonds. The van der Waals surface area contributed by atoms with E-state index < -0.39 is 36.6 Å². The van der Waals surface area contributed by atoms with Gasteiger partial charge in [-0.1, -0.05) is 77.8 Å². The first-order valence-electron chi connectivity index (χ1n) is 11.9. The van der Waals surface area contributed by atoms with Crippen LogP contribution in [0.2, 0.25) is 10.0 Å². The molecule has 3 aromatic carbocycles. The van der Waals surface area contributed by atoms with Crippen LogP contribution in [0.3, 0.4) is 0 Å². The van der Waals surface area contributed by atoms with Crippen molar-refractivity contribution in [2.24, 2.45) is 11.8 Å². The van der Waals surface area contributed by atoms with Gasteiger partial charge in [0, 0.05) is 25.4 Å². The van der Waals surface area contributed by atoms with E-state index in [2.05, 4.69) is 12.1 Å². The molecule has 0 saturated carbocycles. The molecule has 0 aliphatic heterocycles. The number of carbonyl (C=O) groups is 3. The highest BCUT2D eigenvalue weighted by Crippen LogP contribution is 2.27. The summed E-state index contributed by atoms with van der Waals surface area (Å²) in [6.45, 7) is 1.89. The molecule has 0 spiro atoms. The van der Waals surface area contributed by atoms with Gasteiger partial charge in [-0.15, -0.1) is 0 Å². The van der Waals surface area contributed by atoms with Gasteiger partial charge >= 0.3 is 11.9 Å². The van der Waals surface area contributed by atoms with Gasteiger partial charge in [0.25, 0.3) is 0 Å². The fourth-order valence-corrected chi connectivity index (χ4v) is 4.53. The number of hydrogen-bond acceptors (Lipinski definition) is 3. The van der Waals surface area contributed by atoms with Crippen LogP contribution in [0, 0.1) is 11.8 Å². The highest BCUT2D eigenvalue weighted by atomic mass is 35.5. The number of benzene rings is 3. The molecule has 0 saturated heterocycles. The summed E-state index contributed by atoms with van der Waals surface area (Å²) in [4.78, 5) is 37.0. The minimum atomic E-state index is -1.31. The quantitative estimate of drug-likeness (QED) is 0.291. The number of halogens is 2. The highest BCUT2D eigenvalue weighted by Gasteiger charge is 2.29. The summed E-state index contributed by atoms with van der Waals surface area (Å²) in [6.07, 6.45) is 3.59. The molecule has 0 unspecified atom stereocenters. The first kappa shape index (κ1) is 28.2. The van der Waals surface area contributed by atoms with Gasteiger partial charge in [-0.25, -0.2) is 0 Å². The van der Waals surface area contributed by atoms with Crippen LogP contribution in [0.25, 0.3) is 16.8 Å². The topological polar surface area (TPSA) is 94.9 Å². The van der Waals surface area contributed by atoms with E-state index in [0.29, 0.717) is 16.5 Å². The lowest BCUT2D eigenvalue weighted by Crippen LogP contribution is -2.41. The van der Waals surface area contributed by atoms with Gasteiger partial charge in [0.05, 0.1) is 22.4 Å². The molecule has 0 aliphatic carbocycles. The van der Waals surface area contributed by atoms with Crippen LogP contribution in [0.1, 0.15) is 30.9 Å². The normalized spacial score (nSPS) is 13.8. The largest absolute Gasteiger partial charge is 0.481 e. The van der Waals surface area contributed by atoms with Crippen LogP contribution in [-0.4, -0.2) is 46.0 Å². The van der Waals surface area contributed by atoms with E-state index in [4.69, 9.17) is 28.3 Å². The third-order valence-corrected chi connectivity index (χ3v) is 7.32. The van der Waals surface area contributed by atoms with Gasteiger partial charge in [0.15, 0.2) is 0 Å². The van der Waals surface area contributed by atoms with E-state index in [-0.39, 0.29) is 12.0 Å². The molecule has 2 N–H and O–H groups in total. The Morgan fingerprint density at radius 1 is 0.919 bits per heavy atom. The fraction of sp³-hybridized carbons (Fsp3) is 0.276. The third kappa shape index (κ3) is 7.81. The maximum Gasteiger partial charge on any atom is 0.307 e. The van der Waals surface area contributed by atoms with Crippen molar-refractivity contribution in [3.05, 3.63) is 87.9 Å². The molecule has 3 atom stereocenters. The summed E-state index contributed by atoms with van der Waals surface area (Å²) in [5.41, 5.74) is 1.94. The van der Waals surface area contributed by atoms with Crippen molar-refractivity contribution >= 4 is 57.9 Å². The second-order valence-corrected chi connectivity index (χ2v) is 9.98. The molecular weight excluding hydrogens is 513 g/mol. The van der Waals surface area contributed by atoms with E-state index in [1.165, 1.54) is 4.90 Å². The second-order valence-electron chi connectivity index (χ2n) is 9.16. The average molecular weight is 542 g/mol. The van der Waals surface area contributed by atoms with E-state index >= 15 is 0 Å². The van der Waals surface area contributed by atoms with Crippen molar-refractivity contribution in [2.45, 2.75) is 32.2 Å². The van der Waals surface area contributed by atoms with Crippen LogP contribution < -0.4 is 0 Å². The molecule has 0 heterocycles. The lowest BCUT2D eigenvalue weighted by atomic mass is 9.90. The van der Waals surface area contributed by atoms with Crippen LogP contribution in [-0.2, 0) is 20.8 Å². The van der Waals surface area contributed by atoms with Crippen molar-refractivity contribution in [3.8, 4) is 0 Å². The standard InChI is InChI=1S/C29H29Cl2NO5/c1-18(32(2)27(33)16-24(29(36)37)17-28(34)35)22(14-20-9-12-25(30)26(31)15-20)11-8-19-7-10-21-5-3-4-6-23(21)13-19/h3-13,15,18,22,24H,14,16-17H2,1-2H3,(H,34,35)(H,36,37)/t18-,22+,24-/m0/s1. The first-order valence-corrected chi connectivity index (χ1v) is 12.6. The predicted molar refractivity (Wildman–Crippen MR) is 147 cm³/mol. The van der Waals surface area contributed by atoms with Gasteiger partial charge in [0.1, 0.15) is 0 Å². The van der Waals surface area contributed by atoms with Crippen LogP contribution in [0.4, 0.5) is 0 Å². The SMILES string of the molecule is C[C@@H]([C@H](C=Cc1ccc2ccccc2c1)Cc1ccc(Cl)c(Cl)c1)N(C)C(=O)C[C@@H](CC(=O)O)C(=O)O. The number of aliphatic carboxylic acids is 2. The minimum absolute atomic E-state index is 0.152. The summed E-state index contributed by atoms with van der Waals surface area (Å²) in [7, 11) is 1.61. The van der Waals surface area contributed by atoms with Gasteiger partial charge in [-0.2, -0.15) is 0 Å². The van der Waals surface area contributed by atoms with E-state index in [1.807, 2.05) is 55.5 Å². The smallest absolute Gasteiger partial charge is 0.307 e. The van der Waals surface area contributed by atoms with Crippen LogP contribution in [0.15, 0.2) is 66.7 Å². The van der Waals surface area contributed by atoms with E-state index in [0.717, 1.165) is 21.9 Å². The van der Waals surface area contributed by atoms with Gasteiger partial charge < -0.3 is 15.1 Å². The molecule has 3 aromatic rings. The summed E-state index contributed by atoms with van der Waals surface area (Å²) >= 11 is 12.3. The molecule has 3 rings (SSSR count). The maximum atomic E-state index is 13.0. The van der Waals surface area contributed by atoms with Crippen molar-refractivity contribution in [1.29, 1.82) is 0 Å². The van der Waals surface area contributed by atoms with Gasteiger partial charge in [-0.3, -0.25) is 14.4 Å². The van der Waals surface area contributed by atoms with Crippen molar-refractivity contribution < 1.29 is 24.6 Å². The number of fused-ring (bicyclic) bond motifs is 1. The van der Waals surface area contributed by atoms with Crippen LogP contribution >= 0.6 is 23.2 Å². The number of carboxylic acids is 2. The Hall–Kier alpha value is -3.35. The Morgan fingerprint density at radius 3 is 2.27 bits per heavy atom. The number of amides is 1. The molecule has 0 aromatic heterocycles. The summed E-state index contributed by atoms with van der Waals surface area (Å²) in [5, 5.41) is 21.5. The zero-order chi connectivity index (χ0) is 27.1. The number of hydrogen-bond donors (Lipinski definition) is 2. The second kappa shape index (κ2) is 12.7. The van der Waals surface area contributed by atoms with Crippen molar-refractivity contribution in [3.63, 3.8) is 0 Å². The third-order valence-electron chi connectivity index (χ3n) is 6.58. The Balaban J connectivity index is 1.86. The van der Waals surface area contributed by atoms with Gasteiger partial charge in [-0.05, 0) is 53.4 Å². The number of rotatable bonds is 11. The molecule has 194 valence electrons. The van der Waals surface area contributed by atoms with Crippen molar-refractivity contribution in [2.75, 3.05) is 7.05 Å². The Bertz CT molecular complexity index is 1320. The Morgan fingerprint density at radius 2 is 1.62 bits per heavy atom. The lowest BCUT2D eigenvalue weighted by Gasteiger charge is -2.31. The minimum Gasteiger partial charge on any atom is -0.481 e. The van der Waals surface area contributed by atoms with E-state index in [9.17, 15) is 19.5 Å². The van der Waals surface area contributed by atoms with Gasteiger partial charge in [0.2, 0.25) is 5.91 Å². The maximum absolute atomic E-state index is 13.0. The predicted octanol–water partition coefficient (Wildman–Crippen LogP) is 6.43. The molecule has 8 heteroatoms. The number of carboxylic acid groups (broad SMARTS) is 2. The molecule has 37 heavy (non-hydrogen) atoms. The molecule has 0 fully saturated rings. The molecular formula is C29H29Cl2NO5. The van der Waals surface area contributed by atoms with Crippen LogP contribution in [0.5, 0.6) is 0 Å². The number of carbonyl (C=O) groups excluding carboxylic acids is 1. The van der Waals surface area contributed by atoms with E-state index in [1.54, 1.807) is 19.2 Å². The zero-order valence-electron chi connectivity index (χ0n) is 20.6. The average Bonchev–Trinajstić information content (AvgIpc) is 2.86. The summed E-state index contributed by atoms with van der Waals surface area (Å²) < 4.78 is 0. The Labute approximate surface area is 226 Å². The lowest BCUT2D eigenvalue weighted by molar-refractivity contribution is -0.151. The molecule has 6 nitrogen and oxygen atoms in total. The number of nitrogens with zero attached hydrogens (tertiary/aromatic N) is 1. The first-order chi connectivity index (χ1) is 17.5. The van der Waals surface area contributed by atoms with Crippen molar-refractivity contribution in [1.82, 2.24) is 4.90 Å². The monoisotopic (exact) mass is 541 g/mol.